The molecule has 0 amide bonds. The summed E-state index contributed by atoms with van der Waals surface area (Å²) in [6, 6.07) is 0. The van der Waals surface area contributed by atoms with Crippen molar-refractivity contribution >= 4 is 20.6 Å². The summed E-state index contributed by atoms with van der Waals surface area (Å²) in [4.78, 5) is 10.7. The Morgan fingerprint density at radius 3 is 1.80 bits per heavy atom. The zero-order valence-corrected chi connectivity index (χ0v) is 14.8. The van der Waals surface area contributed by atoms with E-state index in [4.69, 9.17) is 0 Å². The van der Waals surface area contributed by atoms with Crippen LogP contribution in [0, 0.1) is 5.92 Å². The topological polar surface area (TPSA) is 17.1 Å². The predicted octanol–water partition coefficient (Wildman–Crippen LogP) is 6.78. The maximum absolute atomic E-state index is 10.7. The number of hydrogen-bond acceptors (Lipinski definition) is 1. The maximum atomic E-state index is 10.7. The highest BCUT2D eigenvalue weighted by Crippen LogP contribution is 2.28. The lowest BCUT2D eigenvalue weighted by atomic mass is 9.85. The number of carbonyl (C=O) groups excluding carboxylic acids is 1. The Labute approximate surface area is 134 Å². The summed E-state index contributed by atoms with van der Waals surface area (Å²) in [7, 11) is 0. The summed E-state index contributed by atoms with van der Waals surface area (Å²) in [5, 5.41) is 0. The second kappa shape index (κ2) is 12.9. The van der Waals surface area contributed by atoms with Crippen molar-refractivity contribution in [1.29, 1.82) is 0 Å². The second-order valence-corrected chi connectivity index (χ2v) is 7.46. The van der Waals surface area contributed by atoms with Gasteiger partial charge in [-0.15, -0.1) is 0 Å². The summed E-state index contributed by atoms with van der Waals surface area (Å²) >= 11 is 2.98. The minimum atomic E-state index is 0.162. The van der Waals surface area contributed by atoms with Gasteiger partial charge < -0.3 is 0 Å². The molecule has 20 heavy (non-hydrogen) atoms. The highest BCUT2D eigenvalue weighted by atomic mass is 79.9. The second-order valence-electron chi connectivity index (χ2n) is 6.58. The molecule has 1 saturated carbocycles. The fraction of sp³-hybridized carbons (Fsp3) is 0.944. The van der Waals surface area contributed by atoms with Crippen LogP contribution in [0.25, 0.3) is 0 Å². The SMILES string of the molecule is O=C(Br)CCCCCCCCCCCC1CCCCC1. The predicted molar refractivity (Wildman–Crippen MR) is 91.3 cm³/mol. The Kier molecular flexibility index (Phi) is 11.7. The summed E-state index contributed by atoms with van der Waals surface area (Å²) in [5.41, 5.74) is 0. The minimum Gasteiger partial charge on any atom is -0.287 e. The monoisotopic (exact) mass is 344 g/mol. The molecule has 0 aliphatic heterocycles. The first-order valence-electron chi connectivity index (χ1n) is 8.97. The van der Waals surface area contributed by atoms with Gasteiger partial charge in [0.25, 0.3) is 0 Å². The van der Waals surface area contributed by atoms with E-state index in [1.807, 2.05) is 0 Å². The van der Waals surface area contributed by atoms with Gasteiger partial charge in [-0.2, -0.15) is 0 Å². The molecule has 1 aliphatic carbocycles. The minimum absolute atomic E-state index is 0.162. The Morgan fingerprint density at radius 1 is 0.750 bits per heavy atom. The summed E-state index contributed by atoms with van der Waals surface area (Å²) in [5.74, 6) is 1.07. The summed E-state index contributed by atoms with van der Waals surface area (Å²) in [6.45, 7) is 0. The fourth-order valence-corrected chi connectivity index (χ4v) is 3.69. The van der Waals surface area contributed by atoms with Crippen molar-refractivity contribution in [1.82, 2.24) is 0 Å². The van der Waals surface area contributed by atoms with E-state index in [0.717, 1.165) is 12.3 Å². The average Bonchev–Trinajstić information content (AvgIpc) is 2.45. The molecule has 0 N–H and O–H groups in total. The van der Waals surface area contributed by atoms with Crippen LogP contribution >= 0.6 is 15.9 Å². The molecule has 1 aliphatic rings. The molecule has 0 heterocycles. The first-order chi connectivity index (χ1) is 9.79. The molecule has 0 saturated heterocycles. The Hall–Kier alpha value is 0.150. The van der Waals surface area contributed by atoms with Gasteiger partial charge in [0.2, 0.25) is 0 Å². The molecular weight excluding hydrogens is 312 g/mol. The van der Waals surface area contributed by atoms with Crippen molar-refractivity contribution in [2.75, 3.05) is 0 Å². The molecule has 0 bridgehead atoms. The Morgan fingerprint density at radius 2 is 1.25 bits per heavy atom. The maximum Gasteiger partial charge on any atom is 0.197 e. The zero-order valence-electron chi connectivity index (χ0n) is 13.2. The number of rotatable bonds is 12. The van der Waals surface area contributed by atoms with Gasteiger partial charge in [0.15, 0.2) is 4.69 Å². The van der Waals surface area contributed by atoms with Crippen molar-refractivity contribution in [2.45, 2.75) is 103 Å². The molecule has 0 radical (unpaired) electrons. The van der Waals surface area contributed by atoms with Crippen molar-refractivity contribution < 1.29 is 4.79 Å². The van der Waals surface area contributed by atoms with E-state index in [9.17, 15) is 4.79 Å². The van der Waals surface area contributed by atoms with Crippen molar-refractivity contribution in [3.8, 4) is 0 Å². The standard InChI is InChI=1S/C18H33BrO/c19-18(20)16-12-7-5-3-1-2-4-6-9-13-17-14-10-8-11-15-17/h17H,1-16H2. The lowest BCUT2D eigenvalue weighted by Gasteiger charge is -2.21. The molecule has 0 aromatic heterocycles. The van der Waals surface area contributed by atoms with Gasteiger partial charge in [-0.1, -0.05) is 89.9 Å². The van der Waals surface area contributed by atoms with Crippen LogP contribution in [-0.4, -0.2) is 4.69 Å². The summed E-state index contributed by atoms with van der Waals surface area (Å²) < 4.78 is 0.162. The van der Waals surface area contributed by atoms with Gasteiger partial charge in [0, 0.05) is 6.42 Å². The number of hydrogen-bond donors (Lipinski definition) is 0. The van der Waals surface area contributed by atoms with Gasteiger partial charge >= 0.3 is 0 Å². The van der Waals surface area contributed by atoms with Gasteiger partial charge in [-0.05, 0) is 28.3 Å². The highest BCUT2D eigenvalue weighted by molar-refractivity contribution is 9.18. The van der Waals surface area contributed by atoms with Crippen LogP contribution in [0.4, 0.5) is 0 Å². The normalized spacial score (nSPS) is 16.4. The molecular formula is C18H33BrO. The quantitative estimate of drug-likeness (QED) is 0.281. The van der Waals surface area contributed by atoms with Crippen molar-refractivity contribution in [3.63, 3.8) is 0 Å². The largest absolute Gasteiger partial charge is 0.287 e. The van der Waals surface area contributed by atoms with E-state index in [0.29, 0.717) is 6.42 Å². The van der Waals surface area contributed by atoms with E-state index in [1.54, 1.807) is 0 Å². The summed E-state index contributed by atoms with van der Waals surface area (Å²) in [6.07, 6.45) is 21.8. The highest BCUT2D eigenvalue weighted by Gasteiger charge is 2.12. The van der Waals surface area contributed by atoms with Gasteiger partial charge in [-0.3, -0.25) is 4.79 Å². The molecule has 1 rings (SSSR count). The molecule has 1 nitrogen and oxygen atoms in total. The third kappa shape index (κ3) is 10.9. The molecule has 2 heteroatoms. The average molecular weight is 345 g/mol. The van der Waals surface area contributed by atoms with Crippen LogP contribution < -0.4 is 0 Å². The third-order valence-electron chi connectivity index (χ3n) is 4.71. The Bertz CT molecular complexity index is 234. The molecule has 0 unspecified atom stereocenters. The lowest BCUT2D eigenvalue weighted by molar-refractivity contribution is -0.110. The van der Waals surface area contributed by atoms with Gasteiger partial charge in [-0.25, -0.2) is 0 Å². The van der Waals surface area contributed by atoms with Crippen LogP contribution in [0.5, 0.6) is 0 Å². The van der Waals surface area contributed by atoms with E-state index >= 15 is 0 Å². The molecule has 118 valence electrons. The number of carbonyl (C=O) groups is 1. The smallest absolute Gasteiger partial charge is 0.197 e. The lowest BCUT2D eigenvalue weighted by Crippen LogP contribution is -2.05. The molecule has 0 atom stereocenters. The molecule has 0 aromatic rings. The van der Waals surface area contributed by atoms with Crippen LogP contribution in [-0.2, 0) is 4.79 Å². The number of unbranched alkanes of at least 4 members (excludes halogenated alkanes) is 8. The van der Waals surface area contributed by atoms with Crippen LogP contribution in [0.2, 0.25) is 0 Å². The van der Waals surface area contributed by atoms with Crippen LogP contribution in [0.1, 0.15) is 103 Å². The molecule has 0 spiro atoms. The van der Waals surface area contributed by atoms with Crippen LogP contribution in [0.15, 0.2) is 0 Å². The first kappa shape index (κ1) is 18.2. The fourth-order valence-electron chi connectivity index (χ4n) is 3.41. The van der Waals surface area contributed by atoms with E-state index < -0.39 is 0 Å². The molecule has 1 fully saturated rings. The zero-order chi connectivity index (χ0) is 14.5. The van der Waals surface area contributed by atoms with Gasteiger partial charge in [0.1, 0.15) is 0 Å². The van der Waals surface area contributed by atoms with E-state index in [2.05, 4.69) is 15.9 Å². The van der Waals surface area contributed by atoms with Crippen molar-refractivity contribution in [2.24, 2.45) is 5.92 Å². The Balaban J connectivity index is 1.73. The van der Waals surface area contributed by atoms with E-state index in [-0.39, 0.29) is 4.69 Å². The van der Waals surface area contributed by atoms with Crippen LogP contribution in [0.3, 0.4) is 0 Å². The third-order valence-corrected chi connectivity index (χ3v) is 5.11. The van der Waals surface area contributed by atoms with Crippen molar-refractivity contribution in [3.05, 3.63) is 0 Å². The number of halogens is 1. The van der Waals surface area contributed by atoms with Gasteiger partial charge in [0.05, 0.1) is 0 Å². The first-order valence-corrected chi connectivity index (χ1v) is 9.76. The molecule has 0 aromatic carbocycles. The van der Waals surface area contributed by atoms with E-state index in [1.165, 1.54) is 89.9 Å².